The third-order valence-corrected chi connectivity index (χ3v) is 3.64. The van der Waals surface area contributed by atoms with Crippen LogP contribution in [0.4, 0.5) is 19.3 Å². The van der Waals surface area contributed by atoms with Crippen LogP contribution in [-0.2, 0) is 0 Å². The fraction of sp³-hybridized carbons (Fsp3) is 0.500. The van der Waals surface area contributed by atoms with Gasteiger partial charge in [-0.3, -0.25) is 0 Å². The molecule has 0 spiro atoms. The van der Waals surface area contributed by atoms with Gasteiger partial charge < -0.3 is 15.3 Å². The predicted molar refractivity (Wildman–Crippen MR) is 71.4 cm³/mol. The summed E-state index contributed by atoms with van der Waals surface area (Å²) in [6, 6.07) is 3.16. The molecule has 0 bridgehead atoms. The van der Waals surface area contributed by atoms with Crippen molar-refractivity contribution < 1.29 is 18.7 Å². The molecule has 110 valence electrons. The van der Waals surface area contributed by atoms with E-state index in [0.29, 0.717) is 13.1 Å². The molecule has 1 atom stereocenters. The average Bonchev–Trinajstić information content (AvgIpc) is 2.44. The molecule has 0 saturated carbocycles. The fourth-order valence-corrected chi connectivity index (χ4v) is 2.41. The van der Waals surface area contributed by atoms with Crippen molar-refractivity contribution in [3.05, 3.63) is 29.8 Å². The molecule has 6 heteroatoms. The molecule has 1 saturated heterocycles. The largest absolute Gasteiger partial charge is 0.396 e. The average molecular weight is 284 g/mol. The van der Waals surface area contributed by atoms with Gasteiger partial charge in [0.2, 0.25) is 0 Å². The third-order valence-electron chi connectivity index (χ3n) is 3.64. The van der Waals surface area contributed by atoms with Crippen LogP contribution >= 0.6 is 0 Å². The van der Waals surface area contributed by atoms with Crippen molar-refractivity contribution in [3.63, 3.8) is 0 Å². The molecule has 2 amide bonds. The lowest BCUT2D eigenvalue weighted by Gasteiger charge is -2.39. The van der Waals surface area contributed by atoms with Crippen molar-refractivity contribution in [2.75, 3.05) is 25.0 Å². The summed E-state index contributed by atoms with van der Waals surface area (Å²) in [6.07, 6.45) is 1.61. The van der Waals surface area contributed by atoms with Gasteiger partial charge in [-0.15, -0.1) is 0 Å². The summed E-state index contributed by atoms with van der Waals surface area (Å²) in [7, 11) is 0. The van der Waals surface area contributed by atoms with Gasteiger partial charge in [-0.05, 0) is 25.0 Å². The first kappa shape index (κ1) is 14.7. The van der Waals surface area contributed by atoms with Crippen molar-refractivity contribution in [1.29, 1.82) is 0 Å². The number of benzene rings is 1. The number of aliphatic hydroxyl groups is 1. The molecule has 2 rings (SSSR count). The zero-order valence-corrected chi connectivity index (χ0v) is 11.3. The van der Waals surface area contributed by atoms with E-state index < -0.39 is 17.7 Å². The van der Waals surface area contributed by atoms with E-state index in [-0.39, 0.29) is 17.7 Å². The number of piperidine rings is 1. The van der Waals surface area contributed by atoms with Gasteiger partial charge in [0.25, 0.3) is 0 Å². The lowest BCUT2D eigenvalue weighted by Crippen LogP contribution is -2.48. The maximum Gasteiger partial charge on any atom is 0.321 e. The summed E-state index contributed by atoms with van der Waals surface area (Å²) in [5.74, 6) is -2.07. The summed E-state index contributed by atoms with van der Waals surface area (Å²) >= 11 is 0. The molecule has 0 aliphatic carbocycles. The Bertz CT molecular complexity index is 510. The van der Waals surface area contributed by atoms with Crippen LogP contribution in [0.1, 0.15) is 19.8 Å². The van der Waals surface area contributed by atoms with Gasteiger partial charge in [-0.2, -0.15) is 0 Å². The monoisotopic (exact) mass is 284 g/mol. The highest BCUT2D eigenvalue weighted by molar-refractivity contribution is 5.89. The van der Waals surface area contributed by atoms with Crippen molar-refractivity contribution in [2.24, 2.45) is 5.41 Å². The number of aliphatic hydroxyl groups excluding tert-OH is 1. The van der Waals surface area contributed by atoms with Crippen LogP contribution in [0.25, 0.3) is 0 Å². The quantitative estimate of drug-likeness (QED) is 0.877. The Kier molecular flexibility index (Phi) is 4.23. The summed E-state index contributed by atoms with van der Waals surface area (Å²) < 4.78 is 26.6. The molecular formula is C14H18F2N2O2. The number of nitrogens with one attached hydrogen (secondary N) is 1. The van der Waals surface area contributed by atoms with Crippen LogP contribution in [-0.4, -0.2) is 35.7 Å². The number of likely N-dealkylation sites (tertiary alicyclic amines) is 1. The molecule has 0 radical (unpaired) electrons. The van der Waals surface area contributed by atoms with Gasteiger partial charge in [0, 0.05) is 18.5 Å². The normalized spacial score (nSPS) is 22.7. The van der Waals surface area contributed by atoms with Crippen LogP contribution in [0.2, 0.25) is 0 Å². The van der Waals surface area contributed by atoms with E-state index in [2.05, 4.69) is 5.32 Å². The molecule has 1 heterocycles. The predicted octanol–water partition coefficient (Wildman–Crippen LogP) is 2.59. The number of hydrogen-bond donors (Lipinski definition) is 2. The van der Waals surface area contributed by atoms with Crippen LogP contribution in [0.5, 0.6) is 0 Å². The zero-order chi connectivity index (χ0) is 14.8. The minimum Gasteiger partial charge on any atom is -0.396 e. The van der Waals surface area contributed by atoms with Gasteiger partial charge in [0.15, 0.2) is 11.6 Å². The molecule has 20 heavy (non-hydrogen) atoms. The number of urea groups is 1. The lowest BCUT2D eigenvalue weighted by molar-refractivity contribution is 0.0648. The van der Waals surface area contributed by atoms with Gasteiger partial charge in [-0.1, -0.05) is 13.0 Å². The zero-order valence-electron chi connectivity index (χ0n) is 11.3. The van der Waals surface area contributed by atoms with Crippen LogP contribution in [0.3, 0.4) is 0 Å². The van der Waals surface area contributed by atoms with Crippen LogP contribution in [0, 0.1) is 17.0 Å². The second-order valence-corrected chi connectivity index (χ2v) is 5.53. The van der Waals surface area contributed by atoms with E-state index in [9.17, 15) is 18.7 Å². The second-order valence-electron chi connectivity index (χ2n) is 5.53. The number of amides is 2. The highest BCUT2D eigenvalue weighted by Crippen LogP contribution is 2.29. The van der Waals surface area contributed by atoms with Crippen molar-refractivity contribution in [2.45, 2.75) is 19.8 Å². The number of hydrogen-bond acceptors (Lipinski definition) is 2. The molecule has 2 N–H and O–H groups in total. The molecule has 1 fully saturated rings. The Balaban J connectivity index is 2.06. The Morgan fingerprint density at radius 3 is 2.95 bits per heavy atom. The first-order valence-corrected chi connectivity index (χ1v) is 6.56. The highest BCUT2D eigenvalue weighted by atomic mass is 19.2. The Morgan fingerprint density at radius 1 is 1.50 bits per heavy atom. The third kappa shape index (κ3) is 3.07. The summed E-state index contributed by atoms with van der Waals surface area (Å²) in [5.41, 5.74) is -0.512. The van der Waals surface area contributed by atoms with Gasteiger partial charge >= 0.3 is 6.03 Å². The number of carbonyl (C=O) groups excluding carboxylic acids is 1. The number of rotatable bonds is 2. The summed E-state index contributed by atoms with van der Waals surface area (Å²) in [5, 5.41) is 11.7. The van der Waals surface area contributed by atoms with Crippen molar-refractivity contribution in [1.82, 2.24) is 4.90 Å². The topological polar surface area (TPSA) is 52.6 Å². The van der Waals surface area contributed by atoms with E-state index in [1.165, 1.54) is 17.0 Å². The number of nitrogens with zero attached hydrogens (tertiary/aromatic N) is 1. The van der Waals surface area contributed by atoms with E-state index in [1.54, 1.807) is 0 Å². The van der Waals surface area contributed by atoms with E-state index in [4.69, 9.17) is 0 Å². The molecule has 1 aliphatic heterocycles. The van der Waals surface area contributed by atoms with E-state index in [1.807, 2.05) is 6.92 Å². The molecule has 1 aromatic carbocycles. The van der Waals surface area contributed by atoms with Crippen molar-refractivity contribution >= 4 is 11.7 Å². The molecule has 1 aliphatic rings. The van der Waals surface area contributed by atoms with Gasteiger partial charge in [0.1, 0.15) is 0 Å². The van der Waals surface area contributed by atoms with Crippen LogP contribution in [0.15, 0.2) is 18.2 Å². The number of halogens is 2. The van der Waals surface area contributed by atoms with E-state index >= 15 is 0 Å². The highest BCUT2D eigenvalue weighted by Gasteiger charge is 2.32. The standard InChI is InChI=1S/C14H18F2N2O2/c1-14(9-19)6-3-7-18(8-14)13(20)17-11-5-2-4-10(15)12(11)16/h2,4-5,19H,3,6-9H2,1H3,(H,17,20). The van der Waals surface area contributed by atoms with Gasteiger partial charge in [-0.25, -0.2) is 13.6 Å². The maximum absolute atomic E-state index is 13.5. The van der Waals surface area contributed by atoms with Crippen molar-refractivity contribution in [3.8, 4) is 0 Å². The summed E-state index contributed by atoms with van der Waals surface area (Å²) in [6.45, 7) is 2.82. The number of carbonyl (C=O) groups is 1. The molecular weight excluding hydrogens is 266 g/mol. The molecule has 1 aromatic rings. The first-order valence-electron chi connectivity index (χ1n) is 6.56. The minimum absolute atomic E-state index is 0.00882. The fourth-order valence-electron chi connectivity index (χ4n) is 2.41. The number of anilines is 1. The minimum atomic E-state index is -1.07. The maximum atomic E-state index is 13.5. The first-order chi connectivity index (χ1) is 9.45. The molecule has 4 nitrogen and oxygen atoms in total. The lowest BCUT2D eigenvalue weighted by atomic mass is 9.83. The van der Waals surface area contributed by atoms with Crippen LogP contribution < -0.4 is 5.32 Å². The molecule has 0 aromatic heterocycles. The smallest absolute Gasteiger partial charge is 0.321 e. The molecule has 1 unspecified atom stereocenters. The second kappa shape index (κ2) is 5.75. The Morgan fingerprint density at radius 2 is 2.25 bits per heavy atom. The summed E-state index contributed by atoms with van der Waals surface area (Å²) in [4.78, 5) is 13.6. The van der Waals surface area contributed by atoms with Gasteiger partial charge in [0.05, 0.1) is 12.3 Å². The van der Waals surface area contributed by atoms with E-state index in [0.717, 1.165) is 18.9 Å². The Labute approximate surface area is 116 Å². The SMILES string of the molecule is CC1(CO)CCCN(C(=O)Nc2cccc(F)c2F)C1. The Hall–Kier alpha value is -1.69.